The van der Waals surface area contributed by atoms with Crippen LogP contribution in [0.4, 0.5) is 0 Å². The first kappa shape index (κ1) is 14.7. The monoisotopic (exact) mass is 277 g/mol. The Labute approximate surface area is 111 Å². The maximum Gasteiger partial charge on any atom is 0.0980 e. The number of benzene rings is 1. The predicted molar refractivity (Wildman–Crippen MR) is 70.5 cm³/mol. The predicted octanol–water partition coefficient (Wildman–Crippen LogP) is 2.78. The zero-order chi connectivity index (χ0) is 13.0. The first-order chi connectivity index (χ1) is 7.97. The first-order valence-electron chi connectivity index (χ1n) is 5.44. The van der Waals surface area contributed by atoms with Crippen molar-refractivity contribution in [2.24, 2.45) is 5.73 Å². The van der Waals surface area contributed by atoms with Gasteiger partial charge in [-0.15, -0.1) is 0 Å². The number of hydrogen-bond acceptors (Lipinski definition) is 3. The first-order valence-corrected chi connectivity index (χ1v) is 6.20. The van der Waals surface area contributed by atoms with E-state index in [9.17, 15) is 5.11 Å². The van der Waals surface area contributed by atoms with Crippen molar-refractivity contribution in [3.8, 4) is 0 Å². The summed E-state index contributed by atoms with van der Waals surface area (Å²) in [6, 6.07) is 5.24. The van der Waals surface area contributed by atoms with E-state index in [4.69, 9.17) is 33.7 Å². The summed E-state index contributed by atoms with van der Waals surface area (Å²) in [6.07, 6.45) is -1.33. The van der Waals surface area contributed by atoms with Crippen molar-refractivity contribution in [1.29, 1.82) is 0 Å². The fourth-order valence-corrected chi connectivity index (χ4v) is 2.07. The summed E-state index contributed by atoms with van der Waals surface area (Å²) in [7, 11) is 0. The highest BCUT2D eigenvalue weighted by Gasteiger charge is 2.21. The van der Waals surface area contributed by atoms with Crippen LogP contribution in [-0.4, -0.2) is 23.9 Å². The highest BCUT2D eigenvalue weighted by molar-refractivity contribution is 6.36. The third kappa shape index (κ3) is 3.83. The molecule has 96 valence electrons. The van der Waals surface area contributed by atoms with Gasteiger partial charge in [0.15, 0.2) is 0 Å². The van der Waals surface area contributed by atoms with E-state index in [1.54, 1.807) is 32.0 Å². The van der Waals surface area contributed by atoms with Crippen LogP contribution in [0.15, 0.2) is 18.2 Å². The molecule has 3 unspecified atom stereocenters. The van der Waals surface area contributed by atoms with Crippen LogP contribution >= 0.6 is 23.2 Å². The molecular weight excluding hydrogens is 261 g/mol. The maximum atomic E-state index is 9.42. The average Bonchev–Trinajstić information content (AvgIpc) is 2.26. The standard InChI is InChI=1S/C12H17Cl2NO2/c1-7(16)8(2)17-11(6-15)12-9(13)4-3-5-10(12)14/h3-5,7-8,11,16H,6,15H2,1-2H3. The second kappa shape index (κ2) is 6.57. The smallest absolute Gasteiger partial charge is 0.0980 e. The number of aliphatic hydroxyl groups is 1. The Balaban J connectivity index is 2.94. The van der Waals surface area contributed by atoms with Crippen molar-refractivity contribution < 1.29 is 9.84 Å². The molecule has 0 aliphatic heterocycles. The summed E-state index contributed by atoms with van der Waals surface area (Å²) in [5.74, 6) is 0. The lowest BCUT2D eigenvalue weighted by atomic mass is 10.1. The molecule has 3 N–H and O–H groups in total. The third-order valence-electron chi connectivity index (χ3n) is 2.59. The number of halogens is 2. The second-order valence-electron chi connectivity index (χ2n) is 3.94. The molecule has 3 atom stereocenters. The zero-order valence-corrected chi connectivity index (χ0v) is 11.4. The molecule has 0 fully saturated rings. The highest BCUT2D eigenvalue weighted by atomic mass is 35.5. The van der Waals surface area contributed by atoms with Gasteiger partial charge in [0.1, 0.15) is 0 Å². The van der Waals surface area contributed by atoms with Crippen molar-refractivity contribution in [1.82, 2.24) is 0 Å². The van der Waals surface area contributed by atoms with E-state index in [2.05, 4.69) is 0 Å². The summed E-state index contributed by atoms with van der Waals surface area (Å²) in [5, 5.41) is 10.5. The van der Waals surface area contributed by atoms with E-state index >= 15 is 0 Å². The second-order valence-corrected chi connectivity index (χ2v) is 4.76. The molecule has 0 heterocycles. The number of rotatable bonds is 5. The zero-order valence-electron chi connectivity index (χ0n) is 9.86. The molecule has 0 aromatic heterocycles. The molecule has 0 amide bonds. The molecule has 1 aromatic carbocycles. The van der Waals surface area contributed by atoms with Gasteiger partial charge < -0.3 is 15.6 Å². The molecule has 0 radical (unpaired) electrons. The van der Waals surface area contributed by atoms with Crippen LogP contribution in [0, 0.1) is 0 Å². The fraction of sp³-hybridized carbons (Fsp3) is 0.500. The van der Waals surface area contributed by atoms with Crippen molar-refractivity contribution >= 4 is 23.2 Å². The van der Waals surface area contributed by atoms with Gasteiger partial charge in [0, 0.05) is 22.2 Å². The molecule has 17 heavy (non-hydrogen) atoms. The minimum Gasteiger partial charge on any atom is -0.391 e. The normalized spacial score (nSPS) is 16.6. The van der Waals surface area contributed by atoms with Crippen molar-refractivity contribution in [3.05, 3.63) is 33.8 Å². The van der Waals surface area contributed by atoms with Gasteiger partial charge >= 0.3 is 0 Å². The molecule has 0 saturated heterocycles. The van der Waals surface area contributed by atoms with E-state index in [0.717, 1.165) is 0 Å². The van der Waals surface area contributed by atoms with Gasteiger partial charge in [0.25, 0.3) is 0 Å². The summed E-state index contributed by atoms with van der Waals surface area (Å²) in [4.78, 5) is 0. The Morgan fingerprint density at radius 2 is 1.82 bits per heavy atom. The van der Waals surface area contributed by atoms with Gasteiger partial charge in [-0.05, 0) is 26.0 Å². The third-order valence-corrected chi connectivity index (χ3v) is 3.25. The number of aliphatic hydroxyl groups excluding tert-OH is 1. The van der Waals surface area contributed by atoms with E-state index in [1.165, 1.54) is 0 Å². The van der Waals surface area contributed by atoms with E-state index < -0.39 is 12.2 Å². The molecule has 1 aromatic rings. The van der Waals surface area contributed by atoms with Gasteiger partial charge in [0.05, 0.1) is 18.3 Å². The number of nitrogens with two attached hydrogens (primary N) is 1. The fourth-order valence-electron chi connectivity index (χ4n) is 1.43. The molecule has 1 rings (SSSR count). The van der Waals surface area contributed by atoms with E-state index in [-0.39, 0.29) is 12.6 Å². The van der Waals surface area contributed by atoms with Crippen LogP contribution < -0.4 is 5.73 Å². The lowest BCUT2D eigenvalue weighted by Crippen LogP contribution is -2.28. The Hall–Kier alpha value is -0.320. The van der Waals surface area contributed by atoms with E-state index in [0.29, 0.717) is 15.6 Å². The summed E-state index contributed by atoms with van der Waals surface area (Å²) < 4.78 is 5.66. The molecule has 0 bridgehead atoms. The largest absolute Gasteiger partial charge is 0.391 e. The SMILES string of the molecule is CC(O)C(C)OC(CN)c1c(Cl)cccc1Cl. The molecule has 0 saturated carbocycles. The van der Waals surface area contributed by atoms with Crippen molar-refractivity contribution in [2.45, 2.75) is 32.2 Å². The summed E-state index contributed by atoms with van der Waals surface area (Å²) in [6.45, 7) is 3.69. The number of hydrogen-bond donors (Lipinski definition) is 2. The van der Waals surface area contributed by atoms with Crippen LogP contribution in [0.25, 0.3) is 0 Å². The van der Waals surface area contributed by atoms with Gasteiger partial charge in [-0.1, -0.05) is 29.3 Å². The average molecular weight is 278 g/mol. The highest BCUT2D eigenvalue weighted by Crippen LogP contribution is 2.32. The van der Waals surface area contributed by atoms with Crippen LogP contribution in [0.1, 0.15) is 25.5 Å². The molecular formula is C12H17Cl2NO2. The van der Waals surface area contributed by atoms with Gasteiger partial charge in [-0.25, -0.2) is 0 Å². The quantitative estimate of drug-likeness (QED) is 0.870. The van der Waals surface area contributed by atoms with Crippen LogP contribution in [0.3, 0.4) is 0 Å². The maximum absolute atomic E-state index is 9.42. The van der Waals surface area contributed by atoms with Crippen molar-refractivity contribution in [2.75, 3.05) is 6.54 Å². The van der Waals surface area contributed by atoms with Crippen LogP contribution in [0.5, 0.6) is 0 Å². The lowest BCUT2D eigenvalue weighted by Gasteiger charge is -2.24. The van der Waals surface area contributed by atoms with Crippen molar-refractivity contribution in [3.63, 3.8) is 0 Å². The Morgan fingerprint density at radius 1 is 1.29 bits per heavy atom. The molecule has 0 spiro atoms. The summed E-state index contributed by atoms with van der Waals surface area (Å²) in [5.41, 5.74) is 6.34. The van der Waals surface area contributed by atoms with E-state index in [1.807, 2.05) is 0 Å². The Bertz CT molecular complexity index is 351. The Morgan fingerprint density at radius 3 is 2.24 bits per heavy atom. The molecule has 5 heteroatoms. The van der Waals surface area contributed by atoms with Crippen LogP contribution in [0.2, 0.25) is 10.0 Å². The topological polar surface area (TPSA) is 55.5 Å². The van der Waals surface area contributed by atoms with Gasteiger partial charge in [-0.3, -0.25) is 0 Å². The Kier molecular flexibility index (Phi) is 5.70. The summed E-state index contributed by atoms with van der Waals surface area (Å²) >= 11 is 12.2. The number of ether oxygens (including phenoxy) is 1. The van der Waals surface area contributed by atoms with Crippen LogP contribution in [-0.2, 0) is 4.74 Å². The van der Waals surface area contributed by atoms with Gasteiger partial charge in [-0.2, -0.15) is 0 Å². The minimum atomic E-state index is -0.578. The molecule has 0 aliphatic rings. The van der Waals surface area contributed by atoms with Gasteiger partial charge in [0.2, 0.25) is 0 Å². The molecule has 0 aliphatic carbocycles. The minimum absolute atomic E-state index is 0.251. The molecule has 3 nitrogen and oxygen atoms in total. The lowest BCUT2D eigenvalue weighted by molar-refractivity contribution is -0.0591.